The summed E-state index contributed by atoms with van der Waals surface area (Å²) in [5, 5.41) is 3.91. The normalized spacial score (nSPS) is 11.5. The standard InChI is InChI=1S/C30H31NO5/c1-17-8-9-18(2)25(12-17)31-28(32)13-19(3)22-15-23-24(16-36-30(23)20(4)29(22)35-7)21-10-11-26(33-5)27(14-21)34-6/h8-16H,1-7H3,(H,31,32)/b19-13+. The van der Waals surface area contributed by atoms with Gasteiger partial charge in [0.25, 0.3) is 0 Å². The summed E-state index contributed by atoms with van der Waals surface area (Å²) in [6.45, 7) is 7.83. The van der Waals surface area contributed by atoms with Gasteiger partial charge in [0.15, 0.2) is 11.5 Å². The van der Waals surface area contributed by atoms with Crippen molar-refractivity contribution in [2.75, 3.05) is 26.6 Å². The Bertz CT molecular complexity index is 1480. The van der Waals surface area contributed by atoms with E-state index in [2.05, 4.69) is 5.32 Å². The van der Waals surface area contributed by atoms with Crippen LogP contribution in [0.4, 0.5) is 5.69 Å². The lowest BCUT2D eigenvalue weighted by Gasteiger charge is -2.14. The van der Waals surface area contributed by atoms with Crippen LogP contribution in [0.1, 0.15) is 29.2 Å². The number of carbonyl (C=O) groups excluding carboxylic acids is 1. The van der Waals surface area contributed by atoms with Crippen LogP contribution in [0.25, 0.3) is 27.7 Å². The zero-order chi connectivity index (χ0) is 26.0. The van der Waals surface area contributed by atoms with Gasteiger partial charge in [-0.2, -0.15) is 0 Å². The molecule has 6 heteroatoms. The smallest absolute Gasteiger partial charge is 0.248 e. The van der Waals surface area contributed by atoms with Crippen LogP contribution in [0.3, 0.4) is 0 Å². The number of amides is 1. The van der Waals surface area contributed by atoms with Crippen LogP contribution in [-0.4, -0.2) is 27.2 Å². The Morgan fingerprint density at radius 3 is 2.36 bits per heavy atom. The van der Waals surface area contributed by atoms with E-state index in [0.717, 1.165) is 55.6 Å². The highest BCUT2D eigenvalue weighted by Crippen LogP contribution is 2.42. The summed E-state index contributed by atoms with van der Waals surface area (Å²) in [5.41, 5.74) is 7.91. The van der Waals surface area contributed by atoms with Gasteiger partial charge in [-0.05, 0) is 74.2 Å². The molecule has 1 aromatic heterocycles. The van der Waals surface area contributed by atoms with Gasteiger partial charge in [0.2, 0.25) is 5.91 Å². The van der Waals surface area contributed by atoms with Gasteiger partial charge in [0.1, 0.15) is 11.3 Å². The molecule has 0 aliphatic rings. The molecule has 186 valence electrons. The SMILES string of the molecule is COc1ccc(-c2coc3c(C)c(OC)c(/C(C)=C/C(=O)Nc4cc(C)ccc4C)cc23)cc1OC. The van der Waals surface area contributed by atoms with Gasteiger partial charge < -0.3 is 23.9 Å². The Kier molecular flexibility index (Phi) is 7.06. The molecule has 1 amide bonds. The first-order valence-corrected chi connectivity index (χ1v) is 11.7. The second-order valence-electron chi connectivity index (χ2n) is 8.81. The monoisotopic (exact) mass is 485 g/mol. The quantitative estimate of drug-likeness (QED) is 0.283. The van der Waals surface area contributed by atoms with Crippen LogP contribution >= 0.6 is 0 Å². The van der Waals surface area contributed by atoms with Gasteiger partial charge in [-0.25, -0.2) is 0 Å². The predicted octanol–water partition coefficient (Wildman–Crippen LogP) is 7.09. The summed E-state index contributed by atoms with van der Waals surface area (Å²) in [5.74, 6) is 1.76. The topological polar surface area (TPSA) is 69.9 Å². The fraction of sp³-hybridized carbons (Fsp3) is 0.233. The Morgan fingerprint density at radius 1 is 0.917 bits per heavy atom. The summed E-state index contributed by atoms with van der Waals surface area (Å²) in [7, 11) is 4.84. The van der Waals surface area contributed by atoms with Gasteiger partial charge in [0, 0.05) is 33.8 Å². The predicted molar refractivity (Wildman–Crippen MR) is 144 cm³/mol. The van der Waals surface area contributed by atoms with Gasteiger partial charge in [-0.15, -0.1) is 0 Å². The molecule has 0 radical (unpaired) electrons. The van der Waals surface area contributed by atoms with E-state index in [9.17, 15) is 4.79 Å². The van der Waals surface area contributed by atoms with E-state index in [-0.39, 0.29) is 5.91 Å². The minimum absolute atomic E-state index is 0.201. The number of carbonyl (C=O) groups is 1. The number of allylic oxidation sites excluding steroid dienone is 1. The van der Waals surface area contributed by atoms with Gasteiger partial charge in [0.05, 0.1) is 27.6 Å². The van der Waals surface area contributed by atoms with Crippen molar-refractivity contribution < 1.29 is 23.4 Å². The van der Waals surface area contributed by atoms with Crippen LogP contribution in [-0.2, 0) is 4.79 Å². The number of fused-ring (bicyclic) bond motifs is 1. The number of benzene rings is 3. The van der Waals surface area contributed by atoms with E-state index in [1.54, 1.807) is 33.7 Å². The van der Waals surface area contributed by atoms with Crippen molar-refractivity contribution in [1.29, 1.82) is 0 Å². The number of anilines is 1. The molecule has 1 N–H and O–H groups in total. The average molecular weight is 486 g/mol. The third-order valence-corrected chi connectivity index (χ3v) is 6.37. The number of rotatable bonds is 7. The minimum atomic E-state index is -0.201. The van der Waals surface area contributed by atoms with Crippen molar-refractivity contribution in [2.24, 2.45) is 0 Å². The fourth-order valence-electron chi connectivity index (χ4n) is 4.41. The highest BCUT2D eigenvalue weighted by atomic mass is 16.5. The molecular formula is C30H31NO5. The maximum atomic E-state index is 12.9. The molecule has 3 aromatic carbocycles. The number of ether oxygens (including phenoxy) is 3. The van der Waals surface area contributed by atoms with E-state index in [4.69, 9.17) is 18.6 Å². The van der Waals surface area contributed by atoms with E-state index in [1.807, 2.05) is 70.2 Å². The third-order valence-electron chi connectivity index (χ3n) is 6.37. The number of hydrogen-bond acceptors (Lipinski definition) is 5. The molecule has 1 heterocycles. The molecule has 36 heavy (non-hydrogen) atoms. The highest BCUT2D eigenvalue weighted by molar-refractivity contribution is 6.06. The molecule has 0 aliphatic carbocycles. The summed E-state index contributed by atoms with van der Waals surface area (Å²) in [4.78, 5) is 12.9. The zero-order valence-electron chi connectivity index (χ0n) is 21.7. The van der Waals surface area contributed by atoms with Crippen LogP contribution in [0.15, 0.2) is 59.2 Å². The molecule has 6 nitrogen and oxygen atoms in total. The first kappa shape index (κ1) is 24.9. The Morgan fingerprint density at radius 2 is 1.67 bits per heavy atom. The first-order chi connectivity index (χ1) is 17.3. The largest absolute Gasteiger partial charge is 0.496 e. The van der Waals surface area contributed by atoms with E-state index < -0.39 is 0 Å². The number of aryl methyl sites for hydroxylation is 3. The van der Waals surface area contributed by atoms with E-state index in [1.165, 1.54) is 0 Å². The summed E-state index contributed by atoms with van der Waals surface area (Å²) in [6, 6.07) is 13.7. The highest BCUT2D eigenvalue weighted by Gasteiger charge is 2.19. The molecule has 0 fully saturated rings. The lowest BCUT2D eigenvalue weighted by molar-refractivity contribution is -0.111. The summed E-state index contributed by atoms with van der Waals surface area (Å²) in [6.07, 6.45) is 3.33. The maximum Gasteiger partial charge on any atom is 0.248 e. The minimum Gasteiger partial charge on any atom is -0.496 e. The number of methoxy groups -OCH3 is 3. The van der Waals surface area contributed by atoms with Crippen LogP contribution < -0.4 is 19.5 Å². The van der Waals surface area contributed by atoms with E-state index in [0.29, 0.717) is 17.2 Å². The third kappa shape index (κ3) is 4.67. The zero-order valence-corrected chi connectivity index (χ0v) is 21.7. The van der Waals surface area contributed by atoms with Gasteiger partial charge >= 0.3 is 0 Å². The molecule has 4 rings (SSSR count). The molecule has 0 unspecified atom stereocenters. The van der Waals surface area contributed by atoms with Crippen LogP contribution in [0.5, 0.6) is 17.2 Å². The second-order valence-corrected chi connectivity index (χ2v) is 8.81. The van der Waals surface area contributed by atoms with Crippen molar-refractivity contribution in [2.45, 2.75) is 27.7 Å². The van der Waals surface area contributed by atoms with Crippen molar-refractivity contribution in [3.63, 3.8) is 0 Å². The molecule has 0 spiro atoms. The van der Waals surface area contributed by atoms with Crippen LogP contribution in [0.2, 0.25) is 0 Å². The van der Waals surface area contributed by atoms with Crippen molar-refractivity contribution in [3.8, 4) is 28.4 Å². The maximum absolute atomic E-state index is 12.9. The first-order valence-electron chi connectivity index (χ1n) is 11.7. The van der Waals surface area contributed by atoms with Crippen LogP contribution in [0, 0.1) is 20.8 Å². The Hall–Kier alpha value is -4.19. The molecule has 0 atom stereocenters. The Balaban J connectivity index is 1.78. The fourth-order valence-corrected chi connectivity index (χ4v) is 4.41. The molecule has 0 bridgehead atoms. The van der Waals surface area contributed by atoms with Crippen molar-refractivity contribution in [3.05, 3.63) is 77.1 Å². The lowest BCUT2D eigenvalue weighted by Crippen LogP contribution is -2.10. The number of hydrogen-bond donors (Lipinski definition) is 1. The van der Waals surface area contributed by atoms with Crippen molar-refractivity contribution >= 4 is 28.1 Å². The summed E-state index contributed by atoms with van der Waals surface area (Å²) >= 11 is 0. The second kappa shape index (κ2) is 10.2. The molecule has 0 saturated carbocycles. The Labute approximate surface area is 211 Å². The summed E-state index contributed by atoms with van der Waals surface area (Å²) < 4.78 is 22.6. The molecule has 0 saturated heterocycles. The average Bonchev–Trinajstić information content (AvgIpc) is 3.30. The number of furan rings is 1. The molecule has 0 aliphatic heterocycles. The molecular weight excluding hydrogens is 454 g/mol. The van der Waals surface area contributed by atoms with E-state index >= 15 is 0 Å². The molecule has 4 aromatic rings. The lowest BCUT2D eigenvalue weighted by atomic mass is 9.96. The van der Waals surface area contributed by atoms with Gasteiger partial charge in [-0.1, -0.05) is 18.2 Å². The number of nitrogens with one attached hydrogen (secondary N) is 1. The van der Waals surface area contributed by atoms with Crippen molar-refractivity contribution in [1.82, 2.24) is 0 Å². The van der Waals surface area contributed by atoms with Gasteiger partial charge in [-0.3, -0.25) is 4.79 Å².